The molecular weight excluding hydrogens is 394 g/mol. The van der Waals surface area contributed by atoms with E-state index in [2.05, 4.69) is 10.6 Å². The van der Waals surface area contributed by atoms with Crippen LogP contribution in [0.5, 0.6) is 0 Å². The third kappa shape index (κ3) is 5.48. The van der Waals surface area contributed by atoms with Crippen molar-refractivity contribution in [3.05, 3.63) is 59.1 Å². The van der Waals surface area contributed by atoms with E-state index in [1.807, 2.05) is 6.07 Å². The summed E-state index contributed by atoms with van der Waals surface area (Å²) in [5.41, 5.74) is 0.0795. The number of rotatable bonds is 5. The van der Waals surface area contributed by atoms with Gasteiger partial charge in [-0.2, -0.15) is 0 Å². The highest BCUT2D eigenvalue weighted by molar-refractivity contribution is 6.35. The van der Waals surface area contributed by atoms with E-state index in [-0.39, 0.29) is 16.3 Å². The number of carbonyl (C=O) groups is 3. The van der Waals surface area contributed by atoms with Crippen LogP contribution in [0.1, 0.15) is 38.1 Å². The zero-order valence-corrected chi connectivity index (χ0v) is 17.4. The van der Waals surface area contributed by atoms with E-state index in [1.54, 1.807) is 63.2 Å². The molecule has 0 saturated carbocycles. The van der Waals surface area contributed by atoms with Gasteiger partial charge in [0, 0.05) is 11.2 Å². The molecule has 2 rings (SSSR count). The van der Waals surface area contributed by atoms with Crippen LogP contribution in [-0.4, -0.2) is 39.5 Å². The van der Waals surface area contributed by atoms with Crippen molar-refractivity contribution in [3.8, 4) is 0 Å². The molecule has 0 aliphatic heterocycles. The number of amides is 3. The molecule has 154 valence electrons. The second-order valence-corrected chi connectivity index (χ2v) is 7.88. The molecule has 0 heterocycles. The molecule has 0 saturated heterocycles. The van der Waals surface area contributed by atoms with E-state index < -0.39 is 29.5 Å². The minimum Gasteiger partial charge on any atom is -0.465 e. The monoisotopic (exact) mass is 417 g/mol. The number of anilines is 2. The van der Waals surface area contributed by atoms with Gasteiger partial charge >= 0.3 is 6.09 Å². The van der Waals surface area contributed by atoms with Crippen LogP contribution in [0.4, 0.5) is 16.2 Å². The van der Waals surface area contributed by atoms with E-state index in [1.165, 1.54) is 6.92 Å². The summed E-state index contributed by atoms with van der Waals surface area (Å²) >= 11 is 6.22. The molecule has 3 amide bonds. The Morgan fingerprint density at radius 1 is 1.00 bits per heavy atom. The lowest BCUT2D eigenvalue weighted by Crippen LogP contribution is -2.54. The summed E-state index contributed by atoms with van der Waals surface area (Å²) in [7, 11) is 0. The molecule has 8 heteroatoms. The quantitative estimate of drug-likeness (QED) is 0.656. The zero-order chi connectivity index (χ0) is 21.8. The van der Waals surface area contributed by atoms with E-state index in [9.17, 15) is 19.5 Å². The summed E-state index contributed by atoms with van der Waals surface area (Å²) < 4.78 is 0. The molecule has 29 heavy (non-hydrogen) atoms. The lowest BCUT2D eigenvalue weighted by Gasteiger charge is -2.37. The largest absolute Gasteiger partial charge is 0.465 e. The standard InChI is InChI=1S/C21H24ClN3O4/c1-13(25(20(28)29)21(2,3)4)18(26)24-16-12-8-11-15(22)17(16)19(27)23-14-9-6-5-7-10-14/h5-13H,1-4H3,(H,23,27)(H,24,26)(H,28,29)/t13-/m0/s1. The van der Waals surface area contributed by atoms with Crippen LogP contribution in [-0.2, 0) is 4.79 Å². The van der Waals surface area contributed by atoms with Gasteiger partial charge < -0.3 is 15.7 Å². The summed E-state index contributed by atoms with van der Waals surface area (Å²) in [6.45, 7) is 6.58. The average Bonchev–Trinajstić information content (AvgIpc) is 2.60. The van der Waals surface area contributed by atoms with Crippen LogP contribution >= 0.6 is 11.6 Å². The Morgan fingerprint density at radius 2 is 1.62 bits per heavy atom. The van der Waals surface area contributed by atoms with Crippen LogP contribution in [0.3, 0.4) is 0 Å². The average molecular weight is 418 g/mol. The van der Waals surface area contributed by atoms with Crippen molar-refractivity contribution in [2.45, 2.75) is 39.3 Å². The number of nitrogens with zero attached hydrogens (tertiary/aromatic N) is 1. The lowest BCUT2D eigenvalue weighted by molar-refractivity contribution is -0.121. The van der Waals surface area contributed by atoms with E-state index in [0.717, 1.165) is 4.90 Å². The third-order valence-electron chi connectivity index (χ3n) is 4.23. The van der Waals surface area contributed by atoms with E-state index in [4.69, 9.17) is 11.6 Å². The molecule has 7 nitrogen and oxygen atoms in total. The van der Waals surface area contributed by atoms with Crippen LogP contribution < -0.4 is 10.6 Å². The van der Waals surface area contributed by atoms with Gasteiger partial charge in [0.15, 0.2) is 0 Å². The summed E-state index contributed by atoms with van der Waals surface area (Å²) in [6, 6.07) is 12.5. The van der Waals surface area contributed by atoms with Crippen molar-refractivity contribution in [1.29, 1.82) is 0 Å². The number of hydrogen-bond acceptors (Lipinski definition) is 3. The molecule has 0 aromatic heterocycles. The molecule has 2 aromatic rings. The van der Waals surface area contributed by atoms with Gasteiger partial charge in [-0.15, -0.1) is 0 Å². The first-order valence-corrected chi connectivity index (χ1v) is 9.38. The predicted molar refractivity (Wildman–Crippen MR) is 114 cm³/mol. The molecular formula is C21H24ClN3O4. The molecule has 0 aliphatic rings. The fraction of sp³-hybridized carbons (Fsp3) is 0.286. The highest BCUT2D eigenvalue weighted by Gasteiger charge is 2.35. The van der Waals surface area contributed by atoms with Crippen molar-refractivity contribution in [3.63, 3.8) is 0 Å². The number of carbonyl (C=O) groups excluding carboxylic acids is 2. The van der Waals surface area contributed by atoms with Gasteiger partial charge in [0.05, 0.1) is 16.3 Å². The highest BCUT2D eigenvalue weighted by Crippen LogP contribution is 2.27. The van der Waals surface area contributed by atoms with Crippen LogP contribution in [0.2, 0.25) is 5.02 Å². The number of nitrogens with one attached hydrogen (secondary N) is 2. The molecule has 2 aromatic carbocycles. The highest BCUT2D eigenvalue weighted by atomic mass is 35.5. The first-order chi connectivity index (χ1) is 13.5. The minimum absolute atomic E-state index is 0.0937. The molecule has 0 fully saturated rings. The van der Waals surface area contributed by atoms with Crippen molar-refractivity contribution in [2.24, 2.45) is 0 Å². The number of halogens is 1. The first kappa shape index (κ1) is 22.2. The van der Waals surface area contributed by atoms with Gasteiger partial charge in [-0.3, -0.25) is 14.5 Å². The number of para-hydroxylation sites is 1. The molecule has 0 bridgehead atoms. The van der Waals surface area contributed by atoms with Gasteiger partial charge in [0.1, 0.15) is 6.04 Å². The Bertz CT molecular complexity index is 910. The SMILES string of the molecule is C[C@@H](C(=O)Nc1cccc(Cl)c1C(=O)Nc1ccccc1)N(C(=O)O)C(C)(C)C. The van der Waals surface area contributed by atoms with Crippen molar-refractivity contribution >= 4 is 40.9 Å². The summed E-state index contributed by atoms with van der Waals surface area (Å²) in [5.74, 6) is -1.06. The van der Waals surface area contributed by atoms with Gasteiger partial charge in [0.2, 0.25) is 5.91 Å². The number of hydrogen-bond donors (Lipinski definition) is 3. The Morgan fingerprint density at radius 3 is 2.17 bits per heavy atom. The molecule has 0 spiro atoms. The third-order valence-corrected chi connectivity index (χ3v) is 4.54. The summed E-state index contributed by atoms with van der Waals surface area (Å²) in [4.78, 5) is 38.2. The van der Waals surface area contributed by atoms with Gasteiger partial charge in [0.25, 0.3) is 5.91 Å². The molecule has 3 N–H and O–H groups in total. The normalized spacial score (nSPS) is 12.0. The number of carboxylic acid groups (broad SMARTS) is 1. The Labute approximate surface area is 174 Å². The van der Waals surface area contributed by atoms with Crippen LogP contribution in [0.25, 0.3) is 0 Å². The van der Waals surface area contributed by atoms with Crippen molar-refractivity contribution < 1.29 is 19.5 Å². The van der Waals surface area contributed by atoms with E-state index in [0.29, 0.717) is 5.69 Å². The molecule has 0 aliphatic carbocycles. The zero-order valence-electron chi connectivity index (χ0n) is 16.7. The van der Waals surface area contributed by atoms with Gasteiger partial charge in [-0.05, 0) is 52.0 Å². The Kier molecular flexibility index (Phi) is 6.87. The van der Waals surface area contributed by atoms with Crippen molar-refractivity contribution in [1.82, 2.24) is 4.90 Å². The first-order valence-electron chi connectivity index (χ1n) is 9.00. The lowest BCUT2D eigenvalue weighted by atomic mass is 10.0. The summed E-state index contributed by atoms with van der Waals surface area (Å²) in [6.07, 6.45) is -1.21. The van der Waals surface area contributed by atoms with E-state index >= 15 is 0 Å². The summed E-state index contributed by atoms with van der Waals surface area (Å²) in [5, 5.41) is 15.0. The van der Waals surface area contributed by atoms with Gasteiger partial charge in [-0.1, -0.05) is 35.9 Å². The maximum atomic E-state index is 12.8. The molecule has 0 radical (unpaired) electrons. The maximum Gasteiger partial charge on any atom is 0.408 e. The minimum atomic E-state index is -1.21. The Hall–Kier alpha value is -3.06. The van der Waals surface area contributed by atoms with Crippen LogP contribution in [0, 0.1) is 0 Å². The second kappa shape index (κ2) is 8.96. The van der Waals surface area contributed by atoms with Crippen LogP contribution in [0.15, 0.2) is 48.5 Å². The molecule has 1 atom stereocenters. The maximum absolute atomic E-state index is 12.8. The Balaban J connectivity index is 2.29. The van der Waals surface area contributed by atoms with Crippen molar-refractivity contribution in [2.75, 3.05) is 10.6 Å². The van der Waals surface area contributed by atoms with Gasteiger partial charge in [-0.25, -0.2) is 4.79 Å². The topological polar surface area (TPSA) is 98.7 Å². The fourth-order valence-electron chi connectivity index (χ4n) is 2.96. The smallest absolute Gasteiger partial charge is 0.408 e. The predicted octanol–water partition coefficient (Wildman–Crippen LogP) is 4.70. The molecule has 0 unspecified atom stereocenters. The number of benzene rings is 2. The fourth-order valence-corrected chi connectivity index (χ4v) is 3.22. The second-order valence-electron chi connectivity index (χ2n) is 7.47.